The summed E-state index contributed by atoms with van der Waals surface area (Å²) in [5, 5.41) is 3.70. The lowest BCUT2D eigenvalue weighted by molar-refractivity contribution is 0.304. The Labute approximate surface area is 130 Å². The van der Waals surface area contributed by atoms with Crippen LogP contribution in [0.15, 0.2) is 24.3 Å². The highest BCUT2D eigenvalue weighted by molar-refractivity contribution is 5.27. The topological polar surface area (TPSA) is 21.3 Å². The molecule has 2 rings (SSSR count). The van der Waals surface area contributed by atoms with Gasteiger partial charge in [-0.05, 0) is 55.7 Å². The molecule has 0 aliphatic heterocycles. The van der Waals surface area contributed by atoms with E-state index in [0.29, 0.717) is 6.04 Å². The zero-order valence-electron chi connectivity index (χ0n) is 13.7. The van der Waals surface area contributed by atoms with Crippen LogP contribution in [0.3, 0.4) is 0 Å². The SMILES string of the molecule is CCCCCOc1ccc(CNC2CCC(C)CC2)cc1. The number of hydrogen-bond acceptors (Lipinski definition) is 2. The van der Waals surface area contributed by atoms with Gasteiger partial charge >= 0.3 is 0 Å². The van der Waals surface area contributed by atoms with E-state index in [1.165, 1.54) is 44.1 Å². The summed E-state index contributed by atoms with van der Waals surface area (Å²) >= 11 is 0. The molecule has 118 valence electrons. The van der Waals surface area contributed by atoms with E-state index in [4.69, 9.17) is 4.74 Å². The van der Waals surface area contributed by atoms with Crippen molar-refractivity contribution in [1.82, 2.24) is 5.32 Å². The Hall–Kier alpha value is -1.02. The first kappa shape index (κ1) is 16.4. The molecule has 0 radical (unpaired) electrons. The summed E-state index contributed by atoms with van der Waals surface area (Å²) in [7, 11) is 0. The van der Waals surface area contributed by atoms with Gasteiger partial charge in [-0.1, -0.05) is 38.8 Å². The van der Waals surface area contributed by atoms with E-state index in [9.17, 15) is 0 Å². The standard InChI is InChI=1S/C19H31NO/c1-3-4-5-14-21-19-12-8-17(9-13-19)15-20-18-10-6-16(2)7-11-18/h8-9,12-13,16,18,20H,3-7,10-11,14-15H2,1-2H3. The van der Waals surface area contributed by atoms with Crippen molar-refractivity contribution in [3.8, 4) is 5.75 Å². The lowest BCUT2D eigenvalue weighted by atomic mass is 9.87. The molecule has 1 aromatic carbocycles. The fraction of sp³-hybridized carbons (Fsp3) is 0.684. The Morgan fingerprint density at radius 1 is 1.05 bits per heavy atom. The molecule has 0 aromatic heterocycles. The van der Waals surface area contributed by atoms with E-state index in [1.54, 1.807) is 0 Å². The summed E-state index contributed by atoms with van der Waals surface area (Å²) in [6.45, 7) is 6.41. The fourth-order valence-electron chi connectivity index (χ4n) is 2.97. The van der Waals surface area contributed by atoms with E-state index in [2.05, 4.69) is 43.4 Å². The molecule has 21 heavy (non-hydrogen) atoms. The van der Waals surface area contributed by atoms with Crippen molar-refractivity contribution in [2.75, 3.05) is 6.61 Å². The Balaban J connectivity index is 1.67. The van der Waals surface area contributed by atoms with E-state index in [-0.39, 0.29) is 0 Å². The van der Waals surface area contributed by atoms with Crippen LogP contribution in [0.25, 0.3) is 0 Å². The maximum Gasteiger partial charge on any atom is 0.119 e. The highest BCUT2D eigenvalue weighted by atomic mass is 16.5. The number of hydrogen-bond donors (Lipinski definition) is 1. The molecule has 0 spiro atoms. The number of benzene rings is 1. The normalized spacial score (nSPS) is 22.2. The van der Waals surface area contributed by atoms with Crippen molar-refractivity contribution < 1.29 is 4.74 Å². The lowest BCUT2D eigenvalue weighted by Crippen LogP contribution is -2.32. The summed E-state index contributed by atoms with van der Waals surface area (Å²) in [6.07, 6.45) is 9.07. The van der Waals surface area contributed by atoms with Gasteiger partial charge in [0.25, 0.3) is 0 Å². The summed E-state index contributed by atoms with van der Waals surface area (Å²) < 4.78 is 5.75. The molecule has 1 aliphatic rings. The molecular formula is C19H31NO. The van der Waals surface area contributed by atoms with Crippen LogP contribution in [-0.2, 0) is 6.54 Å². The monoisotopic (exact) mass is 289 g/mol. The molecule has 1 aliphatic carbocycles. The molecule has 2 nitrogen and oxygen atoms in total. The first-order chi connectivity index (χ1) is 10.3. The average Bonchev–Trinajstić information content (AvgIpc) is 2.52. The first-order valence-corrected chi connectivity index (χ1v) is 8.73. The van der Waals surface area contributed by atoms with Crippen molar-refractivity contribution >= 4 is 0 Å². The van der Waals surface area contributed by atoms with Crippen LogP contribution in [0.1, 0.15) is 64.4 Å². The third-order valence-electron chi connectivity index (χ3n) is 4.55. The van der Waals surface area contributed by atoms with E-state index >= 15 is 0 Å². The van der Waals surface area contributed by atoms with E-state index < -0.39 is 0 Å². The Bertz CT molecular complexity index is 379. The largest absolute Gasteiger partial charge is 0.494 e. The molecule has 0 saturated heterocycles. The number of nitrogens with one attached hydrogen (secondary N) is 1. The Morgan fingerprint density at radius 3 is 2.43 bits per heavy atom. The summed E-state index contributed by atoms with van der Waals surface area (Å²) in [4.78, 5) is 0. The van der Waals surface area contributed by atoms with Crippen LogP contribution < -0.4 is 10.1 Å². The number of ether oxygens (including phenoxy) is 1. The minimum atomic E-state index is 0.714. The molecule has 0 atom stereocenters. The molecule has 1 saturated carbocycles. The van der Waals surface area contributed by atoms with Crippen LogP contribution in [-0.4, -0.2) is 12.6 Å². The van der Waals surface area contributed by atoms with Crippen LogP contribution in [0.4, 0.5) is 0 Å². The Morgan fingerprint density at radius 2 is 1.76 bits per heavy atom. The quantitative estimate of drug-likeness (QED) is 0.686. The average molecular weight is 289 g/mol. The van der Waals surface area contributed by atoms with Crippen LogP contribution in [0.2, 0.25) is 0 Å². The van der Waals surface area contributed by atoms with Gasteiger partial charge in [0.1, 0.15) is 5.75 Å². The summed E-state index contributed by atoms with van der Waals surface area (Å²) in [5.74, 6) is 1.92. The smallest absolute Gasteiger partial charge is 0.119 e. The molecule has 0 unspecified atom stereocenters. The predicted octanol–water partition coefficient (Wildman–Crippen LogP) is 4.92. The highest BCUT2D eigenvalue weighted by Crippen LogP contribution is 2.23. The second kappa shape index (κ2) is 9.09. The molecular weight excluding hydrogens is 258 g/mol. The van der Waals surface area contributed by atoms with Gasteiger partial charge in [-0.25, -0.2) is 0 Å². The minimum Gasteiger partial charge on any atom is -0.494 e. The number of rotatable bonds is 8. The second-order valence-electron chi connectivity index (χ2n) is 6.54. The molecule has 0 amide bonds. The summed E-state index contributed by atoms with van der Waals surface area (Å²) in [6, 6.07) is 9.30. The summed E-state index contributed by atoms with van der Waals surface area (Å²) in [5.41, 5.74) is 1.36. The maximum absolute atomic E-state index is 5.75. The van der Waals surface area contributed by atoms with Gasteiger partial charge in [0.15, 0.2) is 0 Å². The fourth-order valence-corrected chi connectivity index (χ4v) is 2.97. The van der Waals surface area contributed by atoms with Gasteiger partial charge in [-0.15, -0.1) is 0 Å². The second-order valence-corrected chi connectivity index (χ2v) is 6.54. The van der Waals surface area contributed by atoms with E-state index in [0.717, 1.165) is 31.2 Å². The molecule has 2 heteroatoms. The lowest BCUT2D eigenvalue weighted by Gasteiger charge is -2.27. The third-order valence-corrected chi connectivity index (χ3v) is 4.55. The van der Waals surface area contributed by atoms with Crippen LogP contribution in [0, 0.1) is 5.92 Å². The van der Waals surface area contributed by atoms with Crippen LogP contribution >= 0.6 is 0 Å². The molecule has 1 fully saturated rings. The van der Waals surface area contributed by atoms with Gasteiger partial charge in [0.2, 0.25) is 0 Å². The minimum absolute atomic E-state index is 0.714. The predicted molar refractivity (Wildman–Crippen MR) is 89.7 cm³/mol. The highest BCUT2D eigenvalue weighted by Gasteiger charge is 2.17. The van der Waals surface area contributed by atoms with Gasteiger partial charge in [-0.2, -0.15) is 0 Å². The van der Waals surface area contributed by atoms with Crippen LogP contribution in [0.5, 0.6) is 5.75 Å². The third kappa shape index (κ3) is 6.09. The first-order valence-electron chi connectivity index (χ1n) is 8.73. The maximum atomic E-state index is 5.75. The molecule has 0 bridgehead atoms. The van der Waals surface area contributed by atoms with Gasteiger partial charge in [-0.3, -0.25) is 0 Å². The molecule has 0 heterocycles. The van der Waals surface area contributed by atoms with Crippen molar-refractivity contribution in [2.45, 2.75) is 71.4 Å². The van der Waals surface area contributed by atoms with Gasteiger partial charge < -0.3 is 10.1 Å². The molecule has 1 N–H and O–H groups in total. The zero-order chi connectivity index (χ0) is 14.9. The van der Waals surface area contributed by atoms with Crippen molar-refractivity contribution in [1.29, 1.82) is 0 Å². The molecule has 1 aromatic rings. The van der Waals surface area contributed by atoms with Gasteiger partial charge in [0.05, 0.1) is 6.61 Å². The van der Waals surface area contributed by atoms with Gasteiger partial charge in [0, 0.05) is 12.6 Å². The Kier molecular flexibility index (Phi) is 7.08. The van der Waals surface area contributed by atoms with Crippen molar-refractivity contribution in [3.05, 3.63) is 29.8 Å². The number of unbranched alkanes of at least 4 members (excludes halogenated alkanes) is 2. The van der Waals surface area contributed by atoms with E-state index in [1.807, 2.05) is 0 Å². The zero-order valence-corrected chi connectivity index (χ0v) is 13.7. The van der Waals surface area contributed by atoms with Crippen molar-refractivity contribution in [3.63, 3.8) is 0 Å². The van der Waals surface area contributed by atoms with Crippen molar-refractivity contribution in [2.24, 2.45) is 5.92 Å².